The zero-order valence-corrected chi connectivity index (χ0v) is 15.8. The van der Waals surface area contributed by atoms with Crippen molar-refractivity contribution in [1.29, 1.82) is 0 Å². The van der Waals surface area contributed by atoms with Gasteiger partial charge in [-0.15, -0.1) is 0 Å². The molecule has 8 nitrogen and oxygen atoms in total. The Balaban J connectivity index is 1.56. The van der Waals surface area contributed by atoms with Crippen LogP contribution in [-0.4, -0.2) is 53.6 Å². The lowest BCUT2D eigenvalue weighted by Gasteiger charge is -2.34. The van der Waals surface area contributed by atoms with Crippen LogP contribution in [0.15, 0.2) is 33.7 Å². The molecule has 3 aromatic rings. The van der Waals surface area contributed by atoms with Gasteiger partial charge in [-0.3, -0.25) is 0 Å². The Morgan fingerprint density at radius 2 is 1.77 bits per heavy atom. The third kappa shape index (κ3) is 2.58. The maximum absolute atomic E-state index is 12.9. The summed E-state index contributed by atoms with van der Waals surface area (Å²) in [5.41, 5.74) is 2.41. The van der Waals surface area contributed by atoms with Crippen LogP contribution in [0.2, 0.25) is 0 Å². The third-order valence-corrected chi connectivity index (χ3v) is 6.99. The first kappa shape index (κ1) is 17.0. The van der Waals surface area contributed by atoms with E-state index >= 15 is 0 Å². The summed E-state index contributed by atoms with van der Waals surface area (Å²) in [7, 11) is -1.61. The SMILES string of the molecule is Cc1noc(C)c1S(=O)(=O)N1CCN(c2nc3ccccc3n2C)CC1. The van der Waals surface area contributed by atoms with Crippen LogP contribution in [-0.2, 0) is 17.1 Å². The fourth-order valence-corrected chi connectivity index (χ4v) is 5.23. The molecule has 1 saturated heterocycles. The summed E-state index contributed by atoms with van der Waals surface area (Å²) in [6.45, 7) is 5.24. The number of fused-ring (bicyclic) bond motifs is 1. The van der Waals surface area contributed by atoms with Crippen LogP contribution < -0.4 is 4.90 Å². The Morgan fingerprint density at radius 3 is 2.38 bits per heavy atom. The number of aryl methyl sites for hydroxylation is 3. The number of nitrogens with zero attached hydrogens (tertiary/aromatic N) is 5. The zero-order chi connectivity index (χ0) is 18.5. The average Bonchev–Trinajstić information content (AvgIpc) is 3.15. The first-order valence-corrected chi connectivity index (χ1v) is 9.93. The quantitative estimate of drug-likeness (QED) is 0.693. The molecule has 0 bridgehead atoms. The summed E-state index contributed by atoms with van der Waals surface area (Å²) < 4.78 is 34.4. The van der Waals surface area contributed by atoms with Crippen molar-refractivity contribution < 1.29 is 12.9 Å². The number of imidazole rings is 1. The minimum Gasteiger partial charge on any atom is -0.360 e. The van der Waals surface area contributed by atoms with Crippen LogP contribution >= 0.6 is 0 Å². The topological polar surface area (TPSA) is 84.5 Å². The van der Waals surface area contributed by atoms with Gasteiger partial charge in [0.15, 0.2) is 5.76 Å². The molecule has 0 radical (unpaired) electrons. The van der Waals surface area contributed by atoms with Gasteiger partial charge in [0.25, 0.3) is 0 Å². The molecule has 26 heavy (non-hydrogen) atoms. The van der Waals surface area contributed by atoms with Crippen molar-refractivity contribution in [3.05, 3.63) is 35.7 Å². The number of rotatable bonds is 3. The van der Waals surface area contributed by atoms with E-state index in [-0.39, 0.29) is 4.90 Å². The molecule has 1 aliphatic rings. The van der Waals surface area contributed by atoms with E-state index in [0.29, 0.717) is 37.6 Å². The Morgan fingerprint density at radius 1 is 1.08 bits per heavy atom. The number of sulfonamides is 1. The van der Waals surface area contributed by atoms with Gasteiger partial charge in [-0.25, -0.2) is 13.4 Å². The molecule has 0 unspecified atom stereocenters. The molecule has 2 aromatic heterocycles. The summed E-state index contributed by atoms with van der Waals surface area (Å²) in [6.07, 6.45) is 0. The van der Waals surface area contributed by atoms with E-state index in [1.165, 1.54) is 4.31 Å². The minimum atomic E-state index is -3.60. The maximum atomic E-state index is 12.9. The number of anilines is 1. The second-order valence-corrected chi connectivity index (χ2v) is 8.38. The molecule has 1 aromatic carbocycles. The van der Waals surface area contributed by atoms with Gasteiger partial charge in [-0.2, -0.15) is 4.31 Å². The molecule has 138 valence electrons. The van der Waals surface area contributed by atoms with Crippen LogP contribution in [0.25, 0.3) is 11.0 Å². The lowest BCUT2D eigenvalue weighted by atomic mass is 10.3. The number of aromatic nitrogens is 3. The van der Waals surface area contributed by atoms with Gasteiger partial charge in [-0.1, -0.05) is 17.3 Å². The summed E-state index contributed by atoms with van der Waals surface area (Å²) in [5, 5.41) is 3.77. The van der Waals surface area contributed by atoms with Gasteiger partial charge in [0.2, 0.25) is 16.0 Å². The molecule has 0 N–H and O–H groups in total. The molecule has 9 heteroatoms. The molecule has 1 aliphatic heterocycles. The first-order chi connectivity index (χ1) is 12.4. The Hall–Kier alpha value is -2.39. The van der Waals surface area contributed by atoms with E-state index < -0.39 is 10.0 Å². The van der Waals surface area contributed by atoms with Gasteiger partial charge in [-0.05, 0) is 26.0 Å². The van der Waals surface area contributed by atoms with Crippen molar-refractivity contribution in [3.63, 3.8) is 0 Å². The van der Waals surface area contributed by atoms with Crippen LogP contribution in [0.1, 0.15) is 11.5 Å². The largest absolute Gasteiger partial charge is 0.360 e. The summed E-state index contributed by atoms with van der Waals surface area (Å²) >= 11 is 0. The number of para-hydroxylation sites is 2. The molecule has 0 spiro atoms. The highest BCUT2D eigenvalue weighted by Gasteiger charge is 2.34. The normalized spacial score (nSPS) is 16.5. The number of hydrogen-bond acceptors (Lipinski definition) is 6. The van der Waals surface area contributed by atoms with Crippen LogP contribution in [0.5, 0.6) is 0 Å². The molecule has 0 amide bonds. The van der Waals surface area contributed by atoms with E-state index in [1.54, 1.807) is 13.8 Å². The zero-order valence-electron chi connectivity index (χ0n) is 15.0. The number of piperazine rings is 1. The summed E-state index contributed by atoms with van der Waals surface area (Å²) in [5.74, 6) is 1.20. The number of hydrogen-bond donors (Lipinski definition) is 0. The van der Waals surface area contributed by atoms with Crippen molar-refractivity contribution in [2.24, 2.45) is 7.05 Å². The van der Waals surface area contributed by atoms with Crippen LogP contribution in [0.4, 0.5) is 5.95 Å². The van der Waals surface area contributed by atoms with Crippen molar-refractivity contribution in [1.82, 2.24) is 19.0 Å². The van der Waals surface area contributed by atoms with Gasteiger partial charge in [0.05, 0.1) is 11.0 Å². The standard InChI is InChI=1S/C17H21N5O3S/c1-12-16(13(2)25-19-12)26(23,24)22-10-8-21(9-11-22)17-18-14-6-4-5-7-15(14)20(17)3/h4-7H,8-11H2,1-3H3. The van der Waals surface area contributed by atoms with Crippen molar-refractivity contribution in [2.75, 3.05) is 31.1 Å². The third-order valence-electron chi connectivity index (χ3n) is 4.85. The van der Waals surface area contributed by atoms with Crippen molar-refractivity contribution in [2.45, 2.75) is 18.7 Å². The first-order valence-electron chi connectivity index (χ1n) is 8.49. The molecule has 0 saturated carbocycles. The van der Waals surface area contributed by atoms with Gasteiger partial charge >= 0.3 is 0 Å². The average molecular weight is 375 g/mol. The van der Waals surface area contributed by atoms with E-state index in [9.17, 15) is 8.42 Å². The minimum absolute atomic E-state index is 0.189. The fraction of sp³-hybridized carbons (Fsp3) is 0.412. The van der Waals surface area contributed by atoms with E-state index in [1.807, 2.05) is 35.9 Å². The molecular weight excluding hydrogens is 354 g/mol. The Bertz CT molecular complexity index is 1040. The molecular formula is C17H21N5O3S. The Labute approximate surface area is 152 Å². The summed E-state index contributed by atoms with van der Waals surface area (Å²) in [6, 6.07) is 7.97. The summed E-state index contributed by atoms with van der Waals surface area (Å²) in [4.78, 5) is 7.01. The maximum Gasteiger partial charge on any atom is 0.248 e. The fourth-order valence-electron chi connectivity index (χ4n) is 3.52. The predicted octanol–water partition coefficient (Wildman–Crippen LogP) is 1.69. The smallest absolute Gasteiger partial charge is 0.248 e. The number of benzene rings is 1. The predicted molar refractivity (Wildman–Crippen MR) is 97.7 cm³/mol. The van der Waals surface area contributed by atoms with Crippen molar-refractivity contribution >= 4 is 27.0 Å². The second kappa shape index (κ2) is 6.10. The highest BCUT2D eigenvalue weighted by atomic mass is 32.2. The van der Waals surface area contributed by atoms with E-state index in [4.69, 9.17) is 9.51 Å². The molecule has 1 fully saturated rings. The Kier molecular flexibility index (Phi) is 4.00. The molecule has 0 aliphatic carbocycles. The van der Waals surface area contributed by atoms with Crippen LogP contribution in [0, 0.1) is 13.8 Å². The van der Waals surface area contributed by atoms with E-state index in [0.717, 1.165) is 17.0 Å². The lowest BCUT2D eigenvalue weighted by molar-refractivity contribution is 0.376. The highest BCUT2D eigenvalue weighted by molar-refractivity contribution is 7.89. The van der Waals surface area contributed by atoms with Crippen LogP contribution in [0.3, 0.4) is 0 Å². The van der Waals surface area contributed by atoms with E-state index in [2.05, 4.69) is 10.1 Å². The second-order valence-electron chi connectivity index (χ2n) is 6.50. The van der Waals surface area contributed by atoms with Gasteiger partial charge < -0.3 is 14.0 Å². The van der Waals surface area contributed by atoms with Gasteiger partial charge in [0.1, 0.15) is 10.6 Å². The molecule has 0 atom stereocenters. The molecule has 4 rings (SSSR count). The highest BCUT2D eigenvalue weighted by Crippen LogP contribution is 2.26. The molecule has 3 heterocycles. The van der Waals surface area contributed by atoms with Gasteiger partial charge in [0, 0.05) is 33.2 Å². The van der Waals surface area contributed by atoms with Crippen molar-refractivity contribution in [3.8, 4) is 0 Å². The monoisotopic (exact) mass is 375 g/mol. The lowest BCUT2D eigenvalue weighted by Crippen LogP contribution is -2.49.